The van der Waals surface area contributed by atoms with Crippen LogP contribution in [0.3, 0.4) is 0 Å². The number of nitrogens with zero attached hydrogens (tertiary/aromatic N) is 1. The third-order valence-corrected chi connectivity index (χ3v) is 6.41. The van der Waals surface area contributed by atoms with Crippen LogP contribution < -0.4 is 21.5 Å². The van der Waals surface area contributed by atoms with Gasteiger partial charge in [-0.3, -0.25) is 0 Å². The van der Waals surface area contributed by atoms with Gasteiger partial charge in [-0.05, 0) is 0 Å². The van der Waals surface area contributed by atoms with Gasteiger partial charge in [0.1, 0.15) is 0 Å². The van der Waals surface area contributed by atoms with Crippen molar-refractivity contribution in [2.45, 2.75) is 58.4 Å². The summed E-state index contributed by atoms with van der Waals surface area (Å²) in [6, 6.07) is 0.869. The Hall–Kier alpha value is 0.690. The normalized spacial score (nSPS) is 29.7. The molecule has 3 unspecified atom stereocenters. The van der Waals surface area contributed by atoms with Crippen molar-refractivity contribution in [3.63, 3.8) is 0 Å². The Labute approximate surface area is 107 Å². The second-order valence-corrected chi connectivity index (χ2v) is 7.50. The molecule has 0 N–H and O–H groups in total. The average molecular weight is 324 g/mol. The minimum atomic E-state index is 0.288. The van der Waals surface area contributed by atoms with Crippen molar-refractivity contribution >= 4 is 0 Å². The Morgan fingerprint density at radius 3 is 2.53 bits per heavy atom. The summed E-state index contributed by atoms with van der Waals surface area (Å²) in [5.41, 5.74) is 0. The Morgan fingerprint density at radius 1 is 1.33 bits per heavy atom. The molecule has 0 aromatic heterocycles. The summed E-state index contributed by atoms with van der Waals surface area (Å²) < 4.78 is 2.64. The summed E-state index contributed by atoms with van der Waals surface area (Å²) in [7, 11) is 2.33. The molecule has 0 aromatic carbocycles. The van der Waals surface area contributed by atoms with Gasteiger partial charge in [0.15, 0.2) is 0 Å². The van der Waals surface area contributed by atoms with Crippen LogP contribution in [0.2, 0.25) is 0 Å². The van der Waals surface area contributed by atoms with Gasteiger partial charge in [0.2, 0.25) is 0 Å². The minimum absolute atomic E-state index is 0.288. The van der Waals surface area contributed by atoms with E-state index in [9.17, 15) is 0 Å². The molecule has 0 aromatic rings. The second kappa shape index (κ2) is 7.10. The van der Waals surface area contributed by atoms with E-state index in [-0.39, 0.29) is 21.5 Å². The molecule has 1 saturated carbocycles. The summed E-state index contributed by atoms with van der Waals surface area (Å²) in [6.07, 6.45) is 8.73. The summed E-state index contributed by atoms with van der Waals surface area (Å²) in [4.78, 5) is 2.38. The van der Waals surface area contributed by atoms with E-state index in [1.165, 1.54) is 38.5 Å². The van der Waals surface area contributed by atoms with Crippen LogP contribution in [0.25, 0.3) is 0 Å². The van der Waals surface area contributed by atoms with Gasteiger partial charge in [-0.15, -0.1) is 0 Å². The van der Waals surface area contributed by atoms with E-state index in [2.05, 4.69) is 28.9 Å². The molecule has 2 heteroatoms. The van der Waals surface area contributed by atoms with Crippen molar-refractivity contribution in [1.29, 1.82) is 0 Å². The maximum absolute atomic E-state index is 2.64. The van der Waals surface area contributed by atoms with Crippen LogP contribution in [-0.2, 0) is 0 Å². The monoisotopic (exact) mass is 324 g/mol. The molecule has 1 nitrogen and oxygen atoms in total. The third-order valence-electron chi connectivity index (χ3n) is 4.10. The topological polar surface area (TPSA) is 3.24 Å². The van der Waals surface area contributed by atoms with Crippen molar-refractivity contribution in [1.82, 2.24) is 3.11 Å². The van der Waals surface area contributed by atoms with Crippen molar-refractivity contribution in [2.75, 3.05) is 12.0 Å². The average Bonchev–Trinajstić information content (AvgIpc) is 2.27. The van der Waals surface area contributed by atoms with Crippen LogP contribution in [0.1, 0.15) is 52.4 Å². The molecule has 3 atom stereocenters. The molecular weight excluding hydrogens is 297 g/mol. The molecule has 92 valence electrons. The van der Waals surface area contributed by atoms with E-state index in [0.29, 0.717) is 0 Å². The van der Waals surface area contributed by atoms with Crippen LogP contribution in [0.5, 0.6) is 0 Å². The number of alkyl halides is 1. The molecular formula is C13H27IN-. The van der Waals surface area contributed by atoms with E-state index >= 15 is 0 Å². The first-order valence-corrected chi connectivity index (χ1v) is 9.53. The fraction of sp³-hybridized carbons (Fsp3) is 1.00. The maximum atomic E-state index is 2.64. The van der Waals surface area contributed by atoms with Gasteiger partial charge in [-0.1, -0.05) is 0 Å². The van der Waals surface area contributed by atoms with Gasteiger partial charge in [-0.2, -0.15) is 0 Å². The Kier molecular flexibility index (Phi) is 6.51. The molecule has 0 saturated heterocycles. The standard InChI is InChI=1S/C13H27IN/c1-5-13(15(4)14-3)10-12-9-7-6-8-11(12)2/h11-13H,5-10H2,1-4H3/q-1. The molecule has 0 amide bonds. The van der Waals surface area contributed by atoms with Crippen LogP contribution in [-0.4, -0.2) is 21.1 Å². The predicted octanol–water partition coefficient (Wildman–Crippen LogP) is 0.547. The van der Waals surface area contributed by atoms with E-state index in [1.54, 1.807) is 0 Å². The molecule has 0 bridgehead atoms. The molecule has 0 spiro atoms. The molecule has 1 aliphatic carbocycles. The Bertz CT molecular complexity index is 168. The van der Waals surface area contributed by atoms with Crippen LogP contribution >= 0.6 is 0 Å². The molecule has 1 rings (SSSR count). The first kappa shape index (κ1) is 13.8. The van der Waals surface area contributed by atoms with Gasteiger partial charge in [0.05, 0.1) is 0 Å². The summed E-state index contributed by atoms with van der Waals surface area (Å²) in [5, 5.41) is 0. The zero-order chi connectivity index (χ0) is 11.3. The third kappa shape index (κ3) is 4.22. The SMILES string of the molecule is CCC(CC1CCCCC1C)N(C)[I-]C. The molecule has 1 aliphatic rings. The number of rotatable bonds is 5. The first-order valence-electron chi connectivity index (χ1n) is 6.41. The van der Waals surface area contributed by atoms with E-state index in [1.807, 2.05) is 0 Å². The van der Waals surface area contributed by atoms with Crippen molar-refractivity contribution in [3.8, 4) is 0 Å². The fourth-order valence-corrected chi connectivity index (χ4v) is 4.20. The van der Waals surface area contributed by atoms with Crippen LogP contribution in [0, 0.1) is 11.8 Å². The van der Waals surface area contributed by atoms with Gasteiger partial charge in [0, 0.05) is 0 Å². The fourth-order valence-electron chi connectivity index (χ4n) is 2.79. The first-order chi connectivity index (χ1) is 7.19. The molecule has 0 aliphatic heterocycles. The number of hydrogen-bond donors (Lipinski definition) is 0. The molecule has 1 fully saturated rings. The summed E-state index contributed by atoms with van der Waals surface area (Å²) in [6.45, 7) is 4.83. The van der Waals surface area contributed by atoms with Gasteiger partial charge in [0.25, 0.3) is 0 Å². The predicted molar refractivity (Wildman–Crippen MR) is 63.5 cm³/mol. The number of hydrogen-bond acceptors (Lipinski definition) is 1. The Balaban J connectivity index is 2.42. The summed E-state index contributed by atoms with van der Waals surface area (Å²) >= 11 is 0.288. The van der Waals surface area contributed by atoms with Crippen LogP contribution in [0.15, 0.2) is 0 Å². The van der Waals surface area contributed by atoms with E-state index in [4.69, 9.17) is 0 Å². The van der Waals surface area contributed by atoms with Crippen molar-refractivity contribution in [3.05, 3.63) is 0 Å². The zero-order valence-electron chi connectivity index (χ0n) is 10.8. The van der Waals surface area contributed by atoms with Crippen molar-refractivity contribution in [2.24, 2.45) is 11.8 Å². The van der Waals surface area contributed by atoms with Gasteiger partial charge >= 0.3 is 107 Å². The summed E-state index contributed by atoms with van der Waals surface area (Å²) in [5.74, 6) is 2.00. The van der Waals surface area contributed by atoms with Gasteiger partial charge in [-0.25, -0.2) is 0 Å². The van der Waals surface area contributed by atoms with Crippen molar-refractivity contribution < 1.29 is 21.5 Å². The Morgan fingerprint density at radius 2 is 2.00 bits per heavy atom. The van der Waals surface area contributed by atoms with Crippen LogP contribution in [0.4, 0.5) is 0 Å². The van der Waals surface area contributed by atoms with Gasteiger partial charge < -0.3 is 0 Å². The quantitative estimate of drug-likeness (QED) is 0.406. The molecule has 0 radical (unpaired) electrons. The molecule has 15 heavy (non-hydrogen) atoms. The second-order valence-electron chi connectivity index (χ2n) is 5.01. The zero-order valence-corrected chi connectivity index (χ0v) is 13.0. The molecule has 0 heterocycles. The number of halogens is 1. The van der Waals surface area contributed by atoms with E-state index in [0.717, 1.165) is 17.9 Å². The van der Waals surface area contributed by atoms with E-state index < -0.39 is 0 Å².